The van der Waals surface area contributed by atoms with E-state index in [1.165, 1.54) is 22.2 Å². The van der Waals surface area contributed by atoms with E-state index in [1.807, 2.05) is 6.92 Å². The number of ether oxygens (including phenoxy) is 1. The second-order valence-corrected chi connectivity index (χ2v) is 11.8. The number of nitrogens with zero attached hydrogens (tertiary/aromatic N) is 2. The van der Waals surface area contributed by atoms with Crippen molar-refractivity contribution in [2.24, 2.45) is 11.8 Å². The van der Waals surface area contributed by atoms with Crippen molar-refractivity contribution in [2.75, 3.05) is 13.2 Å². The predicted molar refractivity (Wildman–Crippen MR) is 127 cm³/mol. The standard InChI is InChI=1S/C23H33N3O3S2/c1-13(2)11-24-20(27)15(4)30-23-25-21-19(17-8-7-14(3)10-18(17)31-21)22(28)26(23)12-16-6-5-9-29-16/h13-16H,5-12H2,1-4H3,(H,24,27). The lowest BCUT2D eigenvalue weighted by Crippen LogP contribution is -2.35. The van der Waals surface area contributed by atoms with Gasteiger partial charge in [0.1, 0.15) is 4.83 Å². The molecule has 3 heterocycles. The summed E-state index contributed by atoms with van der Waals surface area (Å²) in [4.78, 5) is 33.3. The fourth-order valence-electron chi connectivity index (χ4n) is 4.31. The monoisotopic (exact) mass is 463 g/mol. The van der Waals surface area contributed by atoms with Gasteiger partial charge in [-0.25, -0.2) is 4.98 Å². The molecule has 2 aromatic heterocycles. The van der Waals surface area contributed by atoms with Crippen LogP contribution in [0.25, 0.3) is 10.2 Å². The first-order chi connectivity index (χ1) is 14.8. The highest BCUT2D eigenvalue weighted by Crippen LogP contribution is 2.37. The highest BCUT2D eigenvalue weighted by atomic mass is 32.2. The molecule has 3 unspecified atom stereocenters. The van der Waals surface area contributed by atoms with Crippen molar-refractivity contribution in [2.45, 2.75) is 82.9 Å². The zero-order valence-electron chi connectivity index (χ0n) is 18.9. The second kappa shape index (κ2) is 9.63. The van der Waals surface area contributed by atoms with Crippen LogP contribution >= 0.6 is 23.1 Å². The van der Waals surface area contributed by atoms with Crippen LogP contribution in [0, 0.1) is 11.8 Å². The van der Waals surface area contributed by atoms with E-state index in [1.54, 1.807) is 15.9 Å². The minimum absolute atomic E-state index is 0.0176. The minimum atomic E-state index is -0.326. The first-order valence-electron chi connectivity index (χ1n) is 11.4. The molecule has 2 aromatic rings. The average molecular weight is 464 g/mol. The first-order valence-corrected chi connectivity index (χ1v) is 13.1. The maximum atomic E-state index is 13.7. The van der Waals surface area contributed by atoms with E-state index in [-0.39, 0.29) is 22.8 Å². The normalized spacial score (nSPS) is 22.1. The van der Waals surface area contributed by atoms with Crippen LogP contribution in [0.3, 0.4) is 0 Å². The average Bonchev–Trinajstić information content (AvgIpc) is 3.35. The predicted octanol–water partition coefficient (Wildman–Crippen LogP) is 4.01. The van der Waals surface area contributed by atoms with E-state index in [0.29, 0.717) is 30.1 Å². The number of thioether (sulfide) groups is 1. The number of thiophene rings is 1. The summed E-state index contributed by atoms with van der Waals surface area (Å²) in [5, 5.41) is 4.10. The number of carbonyl (C=O) groups excluding carboxylic acids is 1. The van der Waals surface area contributed by atoms with Crippen LogP contribution in [0.1, 0.15) is 57.4 Å². The Labute approximate surface area is 192 Å². The van der Waals surface area contributed by atoms with E-state index in [2.05, 4.69) is 26.1 Å². The van der Waals surface area contributed by atoms with Crippen molar-refractivity contribution in [1.82, 2.24) is 14.9 Å². The molecule has 3 atom stereocenters. The van der Waals surface area contributed by atoms with Gasteiger partial charge in [-0.1, -0.05) is 32.5 Å². The van der Waals surface area contributed by atoms with Gasteiger partial charge in [-0.05, 0) is 56.4 Å². The number of aryl methyl sites for hydroxylation is 1. The van der Waals surface area contributed by atoms with Crippen molar-refractivity contribution < 1.29 is 9.53 Å². The number of hydrogen-bond donors (Lipinski definition) is 1. The molecule has 1 aliphatic carbocycles. The van der Waals surface area contributed by atoms with Gasteiger partial charge in [0.25, 0.3) is 5.56 Å². The van der Waals surface area contributed by atoms with Gasteiger partial charge in [-0.2, -0.15) is 0 Å². The van der Waals surface area contributed by atoms with Crippen LogP contribution < -0.4 is 10.9 Å². The van der Waals surface area contributed by atoms with Crippen molar-refractivity contribution in [1.29, 1.82) is 0 Å². The molecule has 31 heavy (non-hydrogen) atoms. The van der Waals surface area contributed by atoms with Crippen LogP contribution in [-0.4, -0.2) is 40.0 Å². The third kappa shape index (κ3) is 5.01. The number of rotatable bonds is 7. The van der Waals surface area contributed by atoms with Gasteiger partial charge in [-0.15, -0.1) is 11.3 Å². The molecule has 0 saturated carbocycles. The molecule has 170 valence electrons. The quantitative estimate of drug-likeness (QED) is 0.496. The van der Waals surface area contributed by atoms with Gasteiger partial charge >= 0.3 is 0 Å². The molecule has 1 amide bonds. The molecular formula is C23H33N3O3S2. The summed E-state index contributed by atoms with van der Waals surface area (Å²) in [6.07, 6.45) is 5.12. The fraction of sp³-hybridized carbons (Fsp3) is 0.696. The Morgan fingerprint density at radius 3 is 2.87 bits per heavy atom. The lowest BCUT2D eigenvalue weighted by molar-refractivity contribution is -0.120. The fourth-order valence-corrected chi connectivity index (χ4v) is 6.67. The van der Waals surface area contributed by atoms with Crippen LogP contribution in [0.15, 0.2) is 9.95 Å². The highest BCUT2D eigenvalue weighted by molar-refractivity contribution is 8.00. The SMILES string of the molecule is CC(C)CNC(=O)C(C)Sc1nc2sc3c(c2c(=O)n1CC1CCCO1)CCC(C)C3. The molecule has 1 saturated heterocycles. The number of carbonyl (C=O) groups is 1. The van der Waals surface area contributed by atoms with Crippen LogP contribution in [-0.2, 0) is 28.9 Å². The maximum absolute atomic E-state index is 13.7. The smallest absolute Gasteiger partial charge is 0.263 e. The van der Waals surface area contributed by atoms with Crippen LogP contribution in [0.4, 0.5) is 0 Å². The Morgan fingerprint density at radius 2 is 2.16 bits per heavy atom. The van der Waals surface area contributed by atoms with Gasteiger partial charge in [0.05, 0.1) is 23.3 Å². The molecule has 0 bridgehead atoms. The van der Waals surface area contributed by atoms with Crippen molar-refractivity contribution >= 4 is 39.2 Å². The number of fused-ring (bicyclic) bond motifs is 3. The number of aromatic nitrogens is 2. The zero-order valence-corrected chi connectivity index (χ0v) is 20.5. The summed E-state index contributed by atoms with van der Waals surface area (Å²) in [5.41, 5.74) is 1.24. The largest absolute Gasteiger partial charge is 0.376 e. The second-order valence-electron chi connectivity index (χ2n) is 9.38. The summed E-state index contributed by atoms with van der Waals surface area (Å²) in [5.74, 6) is 1.03. The van der Waals surface area contributed by atoms with E-state index in [9.17, 15) is 9.59 Å². The molecule has 0 spiro atoms. The van der Waals surface area contributed by atoms with E-state index >= 15 is 0 Å². The minimum Gasteiger partial charge on any atom is -0.376 e. The molecule has 2 aliphatic rings. The molecule has 1 fully saturated rings. The molecule has 0 radical (unpaired) electrons. The Kier molecular flexibility index (Phi) is 7.08. The van der Waals surface area contributed by atoms with Crippen molar-refractivity contribution in [3.8, 4) is 0 Å². The Bertz CT molecular complexity index is 1010. The summed E-state index contributed by atoms with van der Waals surface area (Å²) in [7, 11) is 0. The molecule has 4 rings (SSSR count). The Hall–Kier alpha value is -1.38. The van der Waals surface area contributed by atoms with Crippen LogP contribution in [0.2, 0.25) is 0 Å². The van der Waals surface area contributed by atoms with Gasteiger partial charge in [-0.3, -0.25) is 14.2 Å². The molecule has 1 aliphatic heterocycles. The van der Waals surface area contributed by atoms with E-state index in [4.69, 9.17) is 9.72 Å². The molecule has 8 heteroatoms. The Morgan fingerprint density at radius 1 is 1.35 bits per heavy atom. The Balaban J connectivity index is 1.70. The summed E-state index contributed by atoms with van der Waals surface area (Å²) >= 11 is 3.04. The van der Waals surface area contributed by atoms with Gasteiger partial charge in [0.15, 0.2) is 5.16 Å². The summed E-state index contributed by atoms with van der Waals surface area (Å²) in [6.45, 7) is 10.2. The van der Waals surface area contributed by atoms with E-state index in [0.717, 1.165) is 48.9 Å². The molecular weight excluding hydrogens is 430 g/mol. The first kappa shape index (κ1) is 22.8. The number of nitrogens with one attached hydrogen (secondary N) is 1. The summed E-state index contributed by atoms with van der Waals surface area (Å²) in [6, 6.07) is 0. The molecule has 0 aromatic carbocycles. The number of hydrogen-bond acceptors (Lipinski definition) is 6. The van der Waals surface area contributed by atoms with Crippen LogP contribution in [0.5, 0.6) is 0 Å². The van der Waals surface area contributed by atoms with E-state index < -0.39 is 0 Å². The van der Waals surface area contributed by atoms with Crippen molar-refractivity contribution in [3.05, 3.63) is 20.8 Å². The van der Waals surface area contributed by atoms with Gasteiger partial charge in [0.2, 0.25) is 5.91 Å². The molecule has 6 nitrogen and oxygen atoms in total. The summed E-state index contributed by atoms with van der Waals surface area (Å²) < 4.78 is 7.61. The molecule has 1 N–H and O–H groups in total. The van der Waals surface area contributed by atoms with Gasteiger partial charge in [0, 0.05) is 18.0 Å². The third-order valence-corrected chi connectivity index (χ3v) is 8.36. The highest BCUT2D eigenvalue weighted by Gasteiger charge is 2.27. The topological polar surface area (TPSA) is 73.2 Å². The lowest BCUT2D eigenvalue weighted by atomic mass is 9.89. The lowest BCUT2D eigenvalue weighted by Gasteiger charge is -2.19. The zero-order chi connectivity index (χ0) is 22.1. The van der Waals surface area contributed by atoms with Crippen molar-refractivity contribution in [3.63, 3.8) is 0 Å². The number of amides is 1. The third-order valence-electron chi connectivity index (χ3n) is 6.13. The van der Waals surface area contributed by atoms with Gasteiger partial charge < -0.3 is 10.1 Å². The maximum Gasteiger partial charge on any atom is 0.263 e.